The van der Waals surface area contributed by atoms with Crippen LogP contribution in [0.4, 0.5) is 0 Å². The molecule has 2 nitrogen and oxygen atoms in total. The molecular formula is C19H27NO. The summed E-state index contributed by atoms with van der Waals surface area (Å²) in [7, 11) is 0. The number of benzene rings is 1. The molecule has 114 valence electrons. The van der Waals surface area contributed by atoms with Crippen LogP contribution in [0.25, 0.3) is 5.70 Å². The van der Waals surface area contributed by atoms with Crippen molar-refractivity contribution in [3.8, 4) is 0 Å². The number of rotatable bonds is 7. The van der Waals surface area contributed by atoms with Crippen molar-refractivity contribution in [1.29, 1.82) is 0 Å². The van der Waals surface area contributed by atoms with Gasteiger partial charge >= 0.3 is 0 Å². The van der Waals surface area contributed by atoms with Gasteiger partial charge in [0.1, 0.15) is 5.78 Å². The zero-order valence-electron chi connectivity index (χ0n) is 13.9. The van der Waals surface area contributed by atoms with Gasteiger partial charge in [0, 0.05) is 5.41 Å². The fraction of sp³-hybridized carbons (Fsp3) is 0.474. The van der Waals surface area contributed by atoms with Crippen LogP contribution in [-0.4, -0.2) is 12.5 Å². The first-order chi connectivity index (χ1) is 9.77. The lowest BCUT2D eigenvalue weighted by molar-refractivity contribution is -0.125. The molecular weight excluding hydrogens is 258 g/mol. The van der Waals surface area contributed by atoms with Crippen molar-refractivity contribution in [2.75, 3.05) is 0 Å². The molecule has 0 aliphatic carbocycles. The number of allylic oxidation sites excluding steroid dienone is 1. The van der Waals surface area contributed by atoms with Crippen molar-refractivity contribution in [2.45, 2.75) is 53.4 Å². The van der Waals surface area contributed by atoms with Crippen molar-refractivity contribution >= 4 is 18.2 Å². The van der Waals surface area contributed by atoms with Crippen LogP contribution in [-0.2, 0) is 4.79 Å². The van der Waals surface area contributed by atoms with Crippen LogP contribution in [0, 0.1) is 5.41 Å². The molecule has 0 unspecified atom stereocenters. The molecule has 1 aromatic rings. The minimum Gasteiger partial charge on any atom is -0.299 e. The third kappa shape index (κ3) is 4.96. The molecule has 0 atom stereocenters. The summed E-state index contributed by atoms with van der Waals surface area (Å²) in [6.45, 7) is 13.7. The smallest absolute Gasteiger partial charge is 0.135 e. The van der Waals surface area contributed by atoms with E-state index < -0.39 is 0 Å². The van der Waals surface area contributed by atoms with E-state index in [1.807, 2.05) is 13.8 Å². The van der Waals surface area contributed by atoms with E-state index >= 15 is 0 Å². The Morgan fingerprint density at radius 1 is 1.29 bits per heavy atom. The molecule has 1 aromatic carbocycles. The first-order valence-corrected chi connectivity index (χ1v) is 7.56. The van der Waals surface area contributed by atoms with Gasteiger partial charge in [0.2, 0.25) is 0 Å². The Morgan fingerprint density at radius 2 is 1.86 bits per heavy atom. The number of carbonyl (C=O) groups excluding carboxylic acids is 1. The topological polar surface area (TPSA) is 29.4 Å². The van der Waals surface area contributed by atoms with E-state index in [1.54, 1.807) is 6.92 Å². The highest BCUT2D eigenvalue weighted by Crippen LogP contribution is 2.26. The van der Waals surface area contributed by atoms with Gasteiger partial charge < -0.3 is 0 Å². The summed E-state index contributed by atoms with van der Waals surface area (Å²) in [6.07, 6.45) is 3.72. The quantitative estimate of drug-likeness (QED) is 0.629. The first kappa shape index (κ1) is 17.4. The van der Waals surface area contributed by atoms with Gasteiger partial charge in [-0.1, -0.05) is 58.0 Å². The van der Waals surface area contributed by atoms with Crippen molar-refractivity contribution in [3.05, 3.63) is 41.5 Å². The Labute approximate surface area is 129 Å². The molecule has 1 rings (SSSR count). The van der Waals surface area contributed by atoms with E-state index in [4.69, 9.17) is 0 Å². The summed E-state index contributed by atoms with van der Waals surface area (Å²) in [5.41, 5.74) is 3.02. The Balaban J connectivity index is 2.80. The maximum absolute atomic E-state index is 11.5. The molecule has 0 amide bonds. The summed E-state index contributed by atoms with van der Waals surface area (Å²) in [6, 6.07) is 8.45. The normalized spacial score (nSPS) is 12.6. The summed E-state index contributed by atoms with van der Waals surface area (Å²) < 4.78 is 0. The molecule has 0 bridgehead atoms. The summed E-state index contributed by atoms with van der Waals surface area (Å²) in [4.78, 5) is 15.6. The lowest BCUT2D eigenvalue weighted by atomic mass is 9.84. The number of ketones is 1. The summed E-state index contributed by atoms with van der Waals surface area (Å²) in [5, 5.41) is 0. The predicted octanol–water partition coefficient (Wildman–Crippen LogP) is 5.25. The van der Waals surface area contributed by atoms with Gasteiger partial charge in [-0.15, -0.1) is 0 Å². The highest BCUT2D eigenvalue weighted by Gasteiger charge is 2.22. The number of hydrogen-bond donors (Lipinski definition) is 0. The van der Waals surface area contributed by atoms with E-state index in [2.05, 4.69) is 55.9 Å². The Morgan fingerprint density at radius 3 is 2.29 bits per heavy atom. The average molecular weight is 285 g/mol. The number of Topliss-reactive ketones (excluding diaryl/α,β-unsaturated/α-hetero) is 1. The second kappa shape index (κ2) is 7.35. The van der Waals surface area contributed by atoms with Crippen LogP contribution < -0.4 is 0 Å². The van der Waals surface area contributed by atoms with Crippen molar-refractivity contribution < 1.29 is 4.79 Å². The maximum atomic E-state index is 11.5. The van der Waals surface area contributed by atoms with Crippen molar-refractivity contribution in [1.82, 2.24) is 0 Å². The SMILES string of the molecule is C=N/C(=C\CCC(C)(C)C(C)=O)c1ccc(C(C)C)cc1. The van der Waals surface area contributed by atoms with E-state index in [0.717, 1.165) is 24.1 Å². The Bertz CT molecular complexity index is 521. The predicted molar refractivity (Wildman–Crippen MR) is 91.8 cm³/mol. The van der Waals surface area contributed by atoms with Gasteiger partial charge in [-0.3, -0.25) is 9.79 Å². The molecule has 0 saturated carbocycles. The van der Waals surface area contributed by atoms with Crippen LogP contribution in [0.3, 0.4) is 0 Å². The van der Waals surface area contributed by atoms with Gasteiger partial charge in [-0.25, -0.2) is 0 Å². The first-order valence-electron chi connectivity index (χ1n) is 7.56. The highest BCUT2D eigenvalue weighted by atomic mass is 16.1. The van der Waals surface area contributed by atoms with Crippen LogP contribution in [0.2, 0.25) is 0 Å². The van der Waals surface area contributed by atoms with Gasteiger partial charge in [0.05, 0.1) is 5.70 Å². The zero-order valence-corrected chi connectivity index (χ0v) is 13.9. The fourth-order valence-electron chi connectivity index (χ4n) is 2.06. The molecule has 0 saturated heterocycles. The molecule has 21 heavy (non-hydrogen) atoms. The van der Waals surface area contributed by atoms with E-state index in [9.17, 15) is 4.79 Å². The molecule has 0 N–H and O–H groups in total. The second-order valence-corrected chi connectivity index (χ2v) is 6.50. The molecule has 0 aromatic heterocycles. The zero-order chi connectivity index (χ0) is 16.0. The molecule has 2 heteroatoms. The van der Waals surface area contributed by atoms with Gasteiger partial charge in [-0.05, 0) is 43.5 Å². The highest BCUT2D eigenvalue weighted by molar-refractivity contribution is 5.81. The van der Waals surface area contributed by atoms with Gasteiger partial charge in [0.15, 0.2) is 0 Å². The lowest BCUT2D eigenvalue weighted by Crippen LogP contribution is -2.20. The van der Waals surface area contributed by atoms with Crippen LogP contribution in [0.5, 0.6) is 0 Å². The Kier molecular flexibility index (Phi) is 6.07. The van der Waals surface area contributed by atoms with Gasteiger partial charge in [-0.2, -0.15) is 0 Å². The molecule has 0 fully saturated rings. The lowest BCUT2D eigenvalue weighted by Gasteiger charge is -2.19. The van der Waals surface area contributed by atoms with Crippen LogP contribution >= 0.6 is 0 Å². The van der Waals surface area contributed by atoms with Crippen LogP contribution in [0.15, 0.2) is 35.3 Å². The number of hydrogen-bond acceptors (Lipinski definition) is 2. The van der Waals surface area contributed by atoms with E-state index in [1.165, 1.54) is 5.56 Å². The summed E-state index contributed by atoms with van der Waals surface area (Å²) in [5.74, 6) is 0.754. The number of carbonyl (C=O) groups is 1. The summed E-state index contributed by atoms with van der Waals surface area (Å²) >= 11 is 0. The van der Waals surface area contributed by atoms with Crippen molar-refractivity contribution in [2.24, 2.45) is 10.4 Å². The third-order valence-corrected chi connectivity index (χ3v) is 4.10. The number of aliphatic imine (C=N–C) groups is 1. The molecule has 0 radical (unpaired) electrons. The standard InChI is InChI=1S/C19H27NO/c1-14(2)16-9-11-17(12-10-16)18(20-6)8-7-13-19(4,5)15(3)21/h8-12,14H,6-7,13H2,1-5H3/b18-8-. The monoisotopic (exact) mass is 285 g/mol. The molecule has 0 aliphatic heterocycles. The minimum atomic E-state index is -0.274. The average Bonchev–Trinajstić information content (AvgIpc) is 2.43. The minimum absolute atomic E-state index is 0.227. The fourth-order valence-corrected chi connectivity index (χ4v) is 2.06. The van der Waals surface area contributed by atoms with E-state index in [0.29, 0.717) is 5.92 Å². The van der Waals surface area contributed by atoms with Crippen LogP contribution in [0.1, 0.15) is 64.5 Å². The second-order valence-electron chi connectivity index (χ2n) is 6.50. The van der Waals surface area contributed by atoms with E-state index in [-0.39, 0.29) is 11.2 Å². The maximum Gasteiger partial charge on any atom is 0.135 e. The Hall–Kier alpha value is -1.70. The third-order valence-electron chi connectivity index (χ3n) is 4.10. The largest absolute Gasteiger partial charge is 0.299 e. The molecule has 0 spiro atoms. The number of nitrogens with zero attached hydrogens (tertiary/aromatic N) is 1. The van der Waals surface area contributed by atoms with Crippen molar-refractivity contribution in [3.63, 3.8) is 0 Å². The van der Waals surface area contributed by atoms with Gasteiger partial charge in [0.25, 0.3) is 0 Å². The molecule has 0 heterocycles. The molecule has 0 aliphatic rings.